The minimum absolute atomic E-state index is 0.136. The number of hydrogen-bond acceptors (Lipinski definition) is 5. The molecule has 74 valence electrons. The van der Waals surface area contributed by atoms with Gasteiger partial charge in [-0.3, -0.25) is 4.98 Å². The molecule has 2 rings (SSSR count). The van der Waals surface area contributed by atoms with E-state index in [1.54, 1.807) is 12.4 Å². The van der Waals surface area contributed by atoms with Gasteiger partial charge in [-0.2, -0.15) is 10.2 Å². The van der Waals surface area contributed by atoms with E-state index in [1.165, 1.54) is 0 Å². The molecule has 0 amide bonds. The van der Waals surface area contributed by atoms with Crippen molar-refractivity contribution < 1.29 is 4.52 Å². The summed E-state index contributed by atoms with van der Waals surface area (Å²) in [6.45, 7) is 1.92. The number of rotatable bonds is 2. The van der Waals surface area contributed by atoms with Gasteiger partial charge in [-0.25, -0.2) is 0 Å². The van der Waals surface area contributed by atoms with Gasteiger partial charge < -0.3 is 4.52 Å². The Labute approximate surface area is 86.4 Å². The van der Waals surface area contributed by atoms with Crippen molar-refractivity contribution in [2.45, 2.75) is 13.3 Å². The third-order valence-corrected chi connectivity index (χ3v) is 1.96. The lowest BCUT2D eigenvalue weighted by atomic mass is 10.1. The maximum Gasteiger partial charge on any atom is 0.241 e. The summed E-state index contributed by atoms with van der Waals surface area (Å²) in [5, 5.41) is 12.3. The largest absolute Gasteiger partial charge is 0.338 e. The van der Waals surface area contributed by atoms with Crippen molar-refractivity contribution in [1.82, 2.24) is 15.1 Å². The molecule has 2 aromatic heterocycles. The van der Waals surface area contributed by atoms with Crippen LogP contribution in [0.1, 0.15) is 11.5 Å². The van der Waals surface area contributed by atoms with Gasteiger partial charge in [-0.1, -0.05) is 5.16 Å². The third kappa shape index (κ3) is 1.83. The van der Waals surface area contributed by atoms with Crippen LogP contribution in [0.25, 0.3) is 11.4 Å². The SMILES string of the molecule is Cc1cnccc1-c1noc(CC#N)n1. The lowest BCUT2D eigenvalue weighted by molar-refractivity contribution is 0.388. The molecule has 0 unspecified atom stereocenters. The number of nitriles is 1. The summed E-state index contributed by atoms with van der Waals surface area (Å²) in [4.78, 5) is 8.08. The maximum atomic E-state index is 8.47. The van der Waals surface area contributed by atoms with Gasteiger partial charge in [0.05, 0.1) is 6.07 Å². The van der Waals surface area contributed by atoms with Crippen LogP contribution < -0.4 is 0 Å². The van der Waals surface area contributed by atoms with Crippen molar-refractivity contribution in [2.75, 3.05) is 0 Å². The zero-order valence-corrected chi connectivity index (χ0v) is 8.14. The first-order valence-electron chi connectivity index (χ1n) is 4.42. The highest BCUT2D eigenvalue weighted by atomic mass is 16.5. The Hall–Kier alpha value is -2.22. The molecule has 0 N–H and O–H groups in total. The Kier molecular flexibility index (Phi) is 2.42. The molecular weight excluding hydrogens is 192 g/mol. The molecule has 0 saturated heterocycles. The van der Waals surface area contributed by atoms with Gasteiger partial charge >= 0.3 is 0 Å². The van der Waals surface area contributed by atoms with Crippen LogP contribution in [0.15, 0.2) is 23.0 Å². The minimum atomic E-state index is 0.136. The van der Waals surface area contributed by atoms with Crippen LogP contribution in [0.5, 0.6) is 0 Å². The summed E-state index contributed by atoms with van der Waals surface area (Å²) in [7, 11) is 0. The van der Waals surface area contributed by atoms with Gasteiger partial charge in [-0.15, -0.1) is 0 Å². The Morgan fingerprint density at radius 3 is 3.13 bits per heavy atom. The molecule has 0 fully saturated rings. The molecule has 0 atom stereocenters. The van der Waals surface area contributed by atoms with Crippen LogP contribution >= 0.6 is 0 Å². The van der Waals surface area contributed by atoms with Crippen molar-refractivity contribution in [2.24, 2.45) is 0 Å². The standard InChI is InChI=1S/C10H8N4O/c1-7-6-12-5-3-8(7)10-13-9(2-4-11)15-14-10/h3,5-6H,2H2,1H3. The van der Waals surface area contributed by atoms with E-state index >= 15 is 0 Å². The summed E-state index contributed by atoms with van der Waals surface area (Å²) in [6, 6.07) is 3.77. The first kappa shape index (κ1) is 9.34. The fraction of sp³-hybridized carbons (Fsp3) is 0.200. The van der Waals surface area contributed by atoms with Crippen molar-refractivity contribution >= 4 is 0 Å². The van der Waals surface area contributed by atoms with E-state index in [4.69, 9.17) is 9.78 Å². The van der Waals surface area contributed by atoms with Gasteiger partial charge in [0.2, 0.25) is 11.7 Å². The normalized spacial score (nSPS) is 9.87. The van der Waals surface area contributed by atoms with E-state index in [2.05, 4.69) is 15.1 Å². The molecule has 0 radical (unpaired) electrons. The van der Waals surface area contributed by atoms with E-state index in [0.717, 1.165) is 11.1 Å². The molecule has 5 heteroatoms. The van der Waals surface area contributed by atoms with Crippen molar-refractivity contribution in [3.8, 4) is 17.5 Å². The van der Waals surface area contributed by atoms with Crippen LogP contribution in [0.3, 0.4) is 0 Å². The lowest BCUT2D eigenvalue weighted by Crippen LogP contribution is -1.87. The van der Waals surface area contributed by atoms with E-state index in [0.29, 0.717) is 11.7 Å². The highest BCUT2D eigenvalue weighted by molar-refractivity contribution is 5.57. The Morgan fingerprint density at radius 2 is 2.40 bits per heavy atom. The predicted octanol–water partition coefficient (Wildman–Crippen LogP) is 1.51. The van der Waals surface area contributed by atoms with Crippen LogP contribution in [-0.2, 0) is 6.42 Å². The first-order chi connectivity index (χ1) is 7.31. The zero-order chi connectivity index (χ0) is 10.7. The molecule has 0 aromatic carbocycles. The van der Waals surface area contributed by atoms with Crippen LogP contribution in [0.2, 0.25) is 0 Å². The molecule has 2 heterocycles. The van der Waals surface area contributed by atoms with Crippen molar-refractivity contribution in [1.29, 1.82) is 5.26 Å². The molecule has 0 bridgehead atoms. The average Bonchev–Trinajstić information content (AvgIpc) is 2.68. The number of aromatic nitrogens is 3. The van der Waals surface area contributed by atoms with Crippen LogP contribution in [-0.4, -0.2) is 15.1 Å². The molecule has 0 aliphatic carbocycles. The van der Waals surface area contributed by atoms with E-state index < -0.39 is 0 Å². The van der Waals surface area contributed by atoms with Gasteiger partial charge in [0, 0.05) is 18.0 Å². The Bertz CT molecular complexity index is 512. The fourth-order valence-electron chi connectivity index (χ4n) is 1.23. The second-order valence-electron chi connectivity index (χ2n) is 3.04. The molecule has 0 saturated carbocycles. The summed E-state index contributed by atoms with van der Waals surface area (Å²) in [5.74, 6) is 0.837. The van der Waals surface area contributed by atoms with Crippen LogP contribution in [0.4, 0.5) is 0 Å². The number of hydrogen-bond donors (Lipinski definition) is 0. The monoisotopic (exact) mass is 200 g/mol. The smallest absolute Gasteiger partial charge is 0.241 e. The Morgan fingerprint density at radius 1 is 1.53 bits per heavy atom. The number of aryl methyl sites for hydroxylation is 1. The molecule has 5 nitrogen and oxygen atoms in total. The molecule has 0 aliphatic heterocycles. The van der Waals surface area contributed by atoms with Crippen molar-refractivity contribution in [3.05, 3.63) is 29.9 Å². The topological polar surface area (TPSA) is 75.6 Å². The number of pyridine rings is 1. The van der Waals surface area contributed by atoms with Gasteiger partial charge in [0.15, 0.2) is 0 Å². The molecule has 0 spiro atoms. The van der Waals surface area contributed by atoms with E-state index in [9.17, 15) is 0 Å². The van der Waals surface area contributed by atoms with Gasteiger partial charge in [-0.05, 0) is 18.6 Å². The van der Waals surface area contributed by atoms with E-state index in [-0.39, 0.29) is 6.42 Å². The van der Waals surface area contributed by atoms with Gasteiger partial charge in [0.1, 0.15) is 6.42 Å². The number of nitrogens with zero attached hydrogens (tertiary/aromatic N) is 4. The zero-order valence-electron chi connectivity index (χ0n) is 8.14. The van der Waals surface area contributed by atoms with Crippen molar-refractivity contribution in [3.63, 3.8) is 0 Å². The Balaban J connectivity index is 2.38. The molecule has 15 heavy (non-hydrogen) atoms. The minimum Gasteiger partial charge on any atom is -0.338 e. The second-order valence-corrected chi connectivity index (χ2v) is 3.04. The molecule has 2 aromatic rings. The first-order valence-corrected chi connectivity index (χ1v) is 4.42. The third-order valence-electron chi connectivity index (χ3n) is 1.96. The lowest BCUT2D eigenvalue weighted by Gasteiger charge is -1.96. The molecule has 0 aliphatic rings. The highest BCUT2D eigenvalue weighted by Gasteiger charge is 2.09. The molecular formula is C10H8N4O. The van der Waals surface area contributed by atoms with Crippen LogP contribution in [0, 0.1) is 18.3 Å². The average molecular weight is 200 g/mol. The second kappa shape index (κ2) is 3.88. The highest BCUT2D eigenvalue weighted by Crippen LogP contribution is 2.18. The van der Waals surface area contributed by atoms with E-state index in [1.807, 2.05) is 19.1 Å². The predicted molar refractivity (Wildman–Crippen MR) is 51.6 cm³/mol. The quantitative estimate of drug-likeness (QED) is 0.734. The summed E-state index contributed by atoms with van der Waals surface area (Å²) >= 11 is 0. The summed E-state index contributed by atoms with van der Waals surface area (Å²) < 4.78 is 4.91. The maximum absolute atomic E-state index is 8.47. The fourth-order valence-corrected chi connectivity index (χ4v) is 1.23. The summed E-state index contributed by atoms with van der Waals surface area (Å²) in [5.41, 5.74) is 1.85. The summed E-state index contributed by atoms with van der Waals surface area (Å²) in [6.07, 6.45) is 3.54. The van der Waals surface area contributed by atoms with Gasteiger partial charge in [0.25, 0.3) is 0 Å².